The van der Waals surface area contributed by atoms with Crippen LogP contribution in [0.3, 0.4) is 0 Å². The second-order valence-electron chi connectivity index (χ2n) is 4.30. The van der Waals surface area contributed by atoms with E-state index < -0.39 is 6.10 Å². The summed E-state index contributed by atoms with van der Waals surface area (Å²) in [6, 6.07) is 4.17. The molecule has 0 bridgehead atoms. The Bertz CT molecular complexity index is 373. The molecule has 4 heteroatoms. The molecular weight excluding hydrogens is 223 g/mol. The minimum absolute atomic E-state index is 0.0834. The van der Waals surface area contributed by atoms with E-state index in [1.807, 2.05) is 0 Å². The highest BCUT2D eigenvalue weighted by atomic mass is 19.1. The first-order valence-corrected chi connectivity index (χ1v) is 5.88. The first kappa shape index (κ1) is 12.3. The summed E-state index contributed by atoms with van der Waals surface area (Å²) in [7, 11) is 0. The third-order valence-corrected chi connectivity index (χ3v) is 2.87. The van der Waals surface area contributed by atoms with Gasteiger partial charge in [-0.15, -0.1) is 0 Å². The van der Waals surface area contributed by atoms with E-state index in [4.69, 9.17) is 9.47 Å². The standard InChI is InChI=1S/C13H17FO3/c1-9(15)12-5-4-10(14)7-13(12)17-8-11-3-2-6-16-11/h4-5,7,9,11,15H,2-3,6,8H2,1H3. The maximum Gasteiger partial charge on any atom is 0.128 e. The van der Waals surface area contributed by atoms with Crippen LogP contribution in [0.15, 0.2) is 18.2 Å². The van der Waals surface area contributed by atoms with Crippen LogP contribution in [0.5, 0.6) is 5.75 Å². The molecule has 94 valence electrons. The maximum atomic E-state index is 13.1. The fourth-order valence-corrected chi connectivity index (χ4v) is 1.94. The van der Waals surface area contributed by atoms with Gasteiger partial charge in [0.05, 0.1) is 12.2 Å². The van der Waals surface area contributed by atoms with Gasteiger partial charge in [0.15, 0.2) is 0 Å². The molecule has 0 saturated carbocycles. The molecule has 1 saturated heterocycles. The van der Waals surface area contributed by atoms with E-state index >= 15 is 0 Å². The average Bonchev–Trinajstić information content (AvgIpc) is 2.78. The van der Waals surface area contributed by atoms with Gasteiger partial charge in [0.1, 0.15) is 18.2 Å². The van der Waals surface area contributed by atoms with Gasteiger partial charge in [-0.3, -0.25) is 0 Å². The second-order valence-corrected chi connectivity index (χ2v) is 4.30. The average molecular weight is 240 g/mol. The lowest BCUT2D eigenvalue weighted by Crippen LogP contribution is -2.17. The molecule has 0 aromatic heterocycles. The van der Waals surface area contributed by atoms with Gasteiger partial charge in [0, 0.05) is 18.2 Å². The predicted octanol–water partition coefficient (Wildman–Crippen LogP) is 2.44. The zero-order valence-corrected chi connectivity index (χ0v) is 9.86. The van der Waals surface area contributed by atoms with Crippen LogP contribution in [0.2, 0.25) is 0 Å². The van der Waals surface area contributed by atoms with Gasteiger partial charge >= 0.3 is 0 Å². The molecule has 1 aromatic rings. The smallest absolute Gasteiger partial charge is 0.128 e. The van der Waals surface area contributed by atoms with Crippen molar-refractivity contribution in [2.75, 3.05) is 13.2 Å². The summed E-state index contributed by atoms with van der Waals surface area (Å²) in [6.07, 6.45) is 1.43. The molecule has 0 amide bonds. The summed E-state index contributed by atoms with van der Waals surface area (Å²) < 4.78 is 24.1. The zero-order chi connectivity index (χ0) is 12.3. The highest BCUT2D eigenvalue weighted by molar-refractivity contribution is 5.35. The van der Waals surface area contributed by atoms with E-state index in [-0.39, 0.29) is 11.9 Å². The Balaban J connectivity index is 2.04. The highest BCUT2D eigenvalue weighted by Gasteiger charge is 2.17. The number of aliphatic hydroxyl groups is 1. The molecular formula is C13H17FO3. The first-order chi connectivity index (χ1) is 8.16. The topological polar surface area (TPSA) is 38.7 Å². The monoisotopic (exact) mass is 240 g/mol. The minimum atomic E-state index is -0.671. The minimum Gasteiger partial charge on any atom is -0.490 e. The van der Waals surface area contributed by atoms with Crippen LogP contribution in [0, 0.1) is 5.82 Å². The molecule has 1 N–H and O–H groups in total. The summed E-state index contributed by atoms with van der Waals surface area (Å²) in [5, 5.41) is 9.55. The van der Waals surface area contributed by atoms with Gasteiger partial charge < -0.3 is 14.6 Å². The van der Waals surface area contributed by atoms with Crippen molar-refractivity contribution in [1.29, 1.82) is 0 Å². The van der Waals surface area contributed by atoms with Crippen molar-refractivity contribution in [1.82, 2.24) is 0 Å². The Morgan fingerprint density at radius 1 is 1.59 bits per heavy atom. The molecule has 2 unspecified atom stereocenters. The summed E-state index contributed by atoms with van der Waals surface area (Å²) in [4.78, 5) is 0. The van der Waals surface area contributed by atoms with Crippen LogP contribution in [0.1, 0.15) is 31.4 Å². The van der Waals surface area contributed by atoms with Gasteiger partial charge in [-0.2, -0.15) is 0 Å². The largest absolute Gasteiger partial charge is 0.490 e. The summed E-state index contributed by atoms with van der Waals surface area (Å²) in [5.74, 6) is 0.0345. The molecule has 2 rings (SSSR count). The number of hydrogen-bond acceptors (Lipinski definition) is 3. The van der Waals surface area contributed by atoms with Gasteiger partial charge in [0.25, 0.3) is 0 Å². The highest BCUT2D eigenvalue weighted by Crippen LogP contribution is 2.26. The Morgan fingerprint density at radius 2 is 2.41 bits per heavy atom. The lowest BCUT2D eigenvalue weighted by Gasteiger charge is -2.16. The van der Waals surface area contributed by atoms with Crippen molar-refractivity contribution in [3.05, 3.63) is 29.6 Å². The van der Waals surface area contributed by atoms with Crippen molar-refractivity contribution in [2.24, 2.45) is 0 Å². The van der Waals surface area contributed by atoms with Crippen molar-refractivity contribution in [2.45, 2.75) is 32.0 Å². The second kappa shape index (κ2) is 5.47. The zero-order valence-electron chi connectivity index (χ0n) is 9.86. The molecule has 0 spiro atoms. The first-order valence-electron chi connectivity index (χ1n) is 5.88. The van der Waals surface area contributed by atoms with Crippen LogP contribution in [0.4, 0.5) is 4.39 Å². The van der Waals surface area contributed by atoms with Crippen LogP contribution in [-0.4, -0.2) is 24.4 Å². The van der Waals surface area contributed by atoms with Crippen molar-refractivity contribution < 1.29 is 19.0 Å². The SMILES string of the molecule is CC(O)c1ccc(F)cc1OCC1CCCO1. The Hall–Kier alpha value is -1.13. The molecule has 3 nitrogen and oxygen atoms in total. The van der Waals surface area contributed by atoms with Crippen molar-refractivity contribution in [3.8, 4) is 5.75 Å². The van der Waals surface area contributed by atoms with Crippen LogP contribution in [-0.2, 0) is 4.74 Å². The van der Waals surface area contributed by atoms with Gasteiger partial charge in [-0.05, 0) is 31.9 Å². The quantitative estimate of drug-likeness (QED) is 0.878. The van der Waals surface area contributed by atoms with Crippen molar-refractivity contribution >= 4 is 0 Å². The Morgan fingerprint density at radius 3 is 3.06 bits per heavy atom. The van der Waals surface area contributed by atoms with Gasteiger partial charge in [-0.25, -0.2) is 4.39 Å². The van der Waals surface area contributed by atoms with E-state index in [1.165, 1.54) is 12.1 Å². The fraction of sp³-hybridized carbons (Fsp3) is 0.538. The molecule has 1 aliphatic heterocycles. The Labute approximate surface area is 100 Å². The van der Waals surface area contributed by atoms with Crippen molar-refractivity contribution in [3.63, 3.8) is 0 Å². The molecule has 1 aliphatic rings. The maximum absolute atomic E-state index is 13.1. The fourth-order valence-electron chi connectivity index (χ4n) is 1.94. The van der Waals surface area contributed by atoms with Crippen LogP contribution in [0.25, 0.3) is 0 Å². The lowest BCUT2D eigenvalue weighted by atomic mass is 10.1. The summed E-state index contributed by atoms with van der Waals surface area (Å²) in [5.41, 5.74) is 0.601. The van der Waals surface area contributed by atoms with Gasteiger partial charge in [-0.1, -0.05) is 0 Å². The van der Waals surface area contributed by atoms with Crippen LogP contribution >= 0.6 is 0 Å². The lowest BCUT2D eigenvalue weighted by molar-refractivity contribution is 0.0663. The van der Waals surface area contributed by atoms with Crippen LogP contribution < -0.4 is 4.74 Å². The molecule has 1 aromatic carbocycles. The normalized spacial score (nSPS) is 21.5. The van der Waals surface area contributed by atoms with E-state index in [0.29, 0.717) is 17.9 Å². The van der Waals surface area contributed by atoms with E-state index in [9.17, 15) is 9.50 Å². The third-order valence-electron chi connectivity index (χ3n) is 2.87. The number of benzene rings is 1. The predicted molar refractivity (Wildman–Crippen MR) is 61.5 cm³/mol. The van der Waals surface area contributed by atoms with E-state index in [0.717, 1.165) is 19.4 Å². The number of rotatable bonds is 4. The molecule has 1 heterocycles. The molecule has 17 heavy (non-hydrogen) atoms. The molecule has 2 atom stereocenters. The number of halogens is 1. The van der Waals surface area contributed by atoms with E-state index in [2.05, 4.69) is 0 Å². The summed E-state index contributed by atoms with van der Waals surface area (Å²) >= 11 is 0. The molecule has 1 fully saturated rings. The Kier molecular flexibility index (Phi) is 3.97. The molecule has 0 aliphatic carbocycles. The van der Waals surface area contributed by atoms with Gasteiger partial charge in [0.2, 0.25) is 0 Å². The number of aliphatic hydroxyl groups excluding tert-OH is 1. The number of hydrogen-bond donors (Lipinski definition) is 1. The van der Waals surface area contributed by atoms with E-state index in [1.54, 1.807) is 13.0 Å². The summed E-state index contributed by atoms with van der Waals surface area (Å²) in [6.45, 7) is 2.80. The number of ether oxygens (including phenoxy) is 2. The molecule has 0 radical (unpaired) electrons. The third kappa shape index (κ3) is 3.17.